The van der Waals surface area contributed by atoms with Gasteiger partial charge < -0.3 is 21.5 Å². The monoisotopic (exact) mass is 305 g/mol. The van der Waals surface area contributed by atoms with Gasteiger partial charge in [-0.1, -0.05) is 17.7 Å². The molecule has 0 bridgehead atoms. The van der Waals surface area contributed by atoms with Gasteiger partial charge in [-0.15, -0.1) is 0 Å². The predicted molar refractivity (Wildman–Crippen MR) is 85.3 cm³/mol. The Bertz CT molecular complexity index is 674. The van der Waals surface area contributed by atoms with E-state index in [1.165, 1.54) is 6.07 Å². The van der Waals surface area contributed by atoms with Crippen LogP contribution < -0.4 is 21.5 Å². The molecule has 0 saturated carbocycles. The smallest absolute Gasteiger partial charge is 0.250 e. The third-order valence-corrected chi connectivity index (χ3v) is 3.09. The minimum Gasteiger partial charge on any atom is -0.494 e. The molecule has 0 atom stereocenters. The zero-order valence-corrected chi connectivity index (χ0v) is 12.3. The Hall–Kier alpha value is -2.40. The van der Waals surface area contributed by atoms with Crippen LogP contribution in [0.15, 0.2) is 36.4 Å². The highest BCUT2D eigenvalue weighted by molar-refractivity contribution is 6.34. The molecule has 2 rings (SSSR count). The largest absolute Gasteiger partial charge is 0.494 e. The maximum atomic E-state index is 11.5. The third kappa shape index (κ3) is 3.58. The first-order valence-corrected chi connectivity index (χ1v) is 6.77. The second-order valence-electron chi connectivity index (χ2n) is 4.38. The molecular weight excluding hydrogens is 290 g/mol. The molecule has 0 aromatic heterocycles. The average Bonchev–Trinajstić information content (AvgIpc) is 2.42. The molecule has 0 aliphatic heterocycles. The number of primary amides is 1. The molecule has 6 heteroatoms. The highest BCUT2D eigenvalue weighted by Gasteiger charge is 2.13. The molecule has 0 saturated heterocycles. The topological polar surface area (TPSA) is 90.4 Å². The van der Waals surface area contributed by atoms with Crippen molar-refractivity contribution in [1.29, 1.82) is 0 Å². The van der Waals surface area contributed by atoms with Gasteiger partial charge in [0, 0.05) is 17.4 Å². The summed E-state index contributed by atoms with van der Waals surface area (Å²) in [6.45, 7) is 2.47. The van der Waals surface area contributed by atoms with Crippen molar-refractivity contribution in [3.63, 3.8) is 0 Å². The molecule has 0 spiro atoms. The number of hydrogen-bond donors (Lipinski definition) is 3. The van der Waals surface area contributed by atoms with Gasteiger partial charge in [0.25, 0.3) is 5.91 Å². The van der Waals surface area contributed by atoms with E-state index < -0.39 is 5.91 Å². The predicted octanol–water partition coefficient (Wildman–Crippen LogP) is 3.16. The van der Waals surface area contributed by atoms with E-state index in [9.17, 15) is 4.79 Å². The first kappa shape index (κ1) is 15.0. The number of benzene rings is 2. The van der Waals surface area contributed by atoms with Gasteiger partial charge in [-0.3, -0.25) is 4.79 Å². The van der Waals surface area contributed by atoms with Crippen molar-refractivity contribution in [2.45, 2.75) is 6.92 Å². The second kappa shape index (κ2) is 6.37. The normalized spacial score (nSPS) is 10.2. The minimum atomic E-state index is -0.604. The summed E-state index contributed by atoms with van der Waals surface area (Å²) in [7, 11) is 0. The Labute approximate surface area is 127 Å². The fourth-order valence-electron chi connectivity index (χ4n) is 1.92. The Morgan fingerprint density at radius 3 is 2.76 bits per heavy atom. The van der Waals surface area contributed by atoms with Gasteiger partial charge in [0.05, 0.1) is 22.9 Å². The van der Waals surface area contributed by atoms with Crippen molar-refractivity contribution in [2.24, 2.45) is 5.73 Å². The lowest BCUT2D eigenvalue weighted by Crippen LogP contribution is -2.14. The number of halogens is 1. The van der Waals surface area contributed by atoms with E-state index in [0.29, 0.717) is 23.0 Å². The SMILES string of the molecule is CCOc1cccc(Nc2c(Cl)cc(N)cc2C(N)=O)c1. The number of anilines is 3. The molecule has 1 amide bonds. The first-order chi connectivity index (χ1) is 10.0. The van der Waals surface area contributed by atoms with Crippen LogP contribution in [0.5, 0.6) is 5.75 Å². The Morgan fingerprint density at radius 2 is 2.10 bits per heavy atom. The van der Waals surface area contributed by atoms with Gasteiger partial charge in [-0.05, 0) is 31.2 Å². The van der Waals surface area contributed by atoms with Crippen molar-refractivity contribution >= 4 is 34.6 Å². The standard InChI is InChI=1S/C15H16ClN3O2/c1-2-21-11-5-3-4-10(8-11)19-14-12(15(18)20)6-9(17)7-13(14)16/h3-8,19H,2,17H2,1H3,(H2,18,20). The summed E-state index contributed by atoms with van der Waals surface area (Å²) >= 11 is 6.15. The molecular formula is C15H16ClN3O2. The fourth-order valence-corrected chi connectivity index (χ4v) is 2.20. The van der Waals surface area contributed by atoms with Gasteiger partial charge in [0.15, 0.2) is 0 Å². The summed E-state index contributed by atoms with van der Waals surface area (Å²) in [5.74, 6) is 0.113. The number of nitrogens with two attached hydrogens (primary N) is 2. The number of hydrogen-bond acceptors (Lipinski definition) is 4. The summed E-state index contributed by atoms with van der Waals surface area (Å²) in [6.07, 6.45) is 0. The zero-order valence-electron chi connectivity index (χ0n) is 11.5. The number of rotatable bonds is 5. The third-order valence-electron chi connectivity index (χ3n) is 2.79. The van der Waals surface area contributed by atoms with Crippen molar-refractivity contribution in [2.75, 3.05) is 17.7 Å². The lowest BCUT2D eigenvalue weighted by Gasteiger charge is -2.14. The molecule has 5 N–H and O–H groups in total. The second-order valence-corrected chi connectivity index (χ2v) is 4.78. The maximum absolute atomic E-state index is 11.5. The summed E-state index contributed by atoms with van der Waals surface area (Å²) in [6, 6.07) is 10.4. The molecule has 0 radical (unpaired) electrons. The Morgan fingerprint density at radius 1 is 1.33 bits per heavy atom. The molecule has 0 fully saturated rings. The molecule has 110 valence electrons. The molecule has 2 aromatic rings. The Kier molecular flexibility index (Phi) is 4.55. The highest BCUT2D eigenvalue weighted by Crippen LogP contribution is 2.32. The van der Waals surface area contributed by atoms with E-state index in [-0.39, 0.29) is 5.56 Å². The van der Waals surface area contributed by atoms with E-state index in [1.54, 1.807) is 12.1 Å². The lowest BCUT2D eigenvalue weighted by molar-refractivity contribution is 0.100. The molecule has 0 aliphatic carbocycles. The lowest BCUT2D eigenvalue weighted by atomic mass is 10.1. The van der Waals surface area contributed by atoms with Crippen LogP contribution in [-0.2, 0) is 0 Å². The highest BCUT2D eigenvalue weighted by atomic mass is 35.5. The van der Waals surface area contributed by atoms with Crippen molar-refractivity contribution in [3.8, 4) is 5.75 Å². The minimum absolute atomic E-state index is 0.238. The zero-order chi connectivity index (χ0) is 15.4. The summed E-state index contributed by atoms with van der Waals surface area (Å²) < 4.78 is 5.43. The molecule has 2 aromatic carbocycles. The van der Waals surface area contributed by atoms with Crippen LogP contribution >= 0.6 is 11.6 Å². The first-order valence-electron chi connectivity index (χ1n) is 6.40. The molecule has 0 unspecified atom stereocenters. The van der Waals surface area contributed by atoms with Crippen LogP contribution in [0.2, 0.25) is 5.02 Å². The van der Waals surface area contributed by atoms with E-state index >= 15 is 0 Å². The van der Waals surface area contributed by atoms with E-state index in [4.69, 9.17) is 27.8 Å². The number of ether oxygens (including phenoxy) is 1. The maximum Gasteiger partial charge on any atom is 0.250 e. The van der Waals surface area contributed by atoms with E-state index in [0.717, 1.165) is 11.4 Å². The van der Waals surface area contributed by atoms with Gasteiger partial charge in [0.2, 0.25) is 0 Å². The number of carbonyl (C=O) groups is 1. The summed E-state index contributed by atoms with van der Waals surface area (Å²) in [5.41, 5.74) is 12.8. The number of amides is 1. The molecule has 0 heterocycles. The van der Waals surface area contributed by atoms with Crippen LogP contribution in [0.3, 0.4) is 0 Å². The van der Waals surface area contributed by atoms with Gasteiger partial charge in [-0.2, -0.15) is 0 Å². The van der Waals surface area contributed by atoms with Gasteiger partial charge in [-0.25, -0.2) is 0 Å². The van der Waals surface area contributed by atoms with Crippen molar-refractivity contribution < 1.29 is 9.53 Å². The van der Waals surface area contributed by atoms with Gasteiger partial charge >= 0.3 is 0 Å². The Balaban J connectivity index is 2.39. The van der Waals surface area contributed by atoms with Crippen LogP contribution in [0.4, 0.5) is 17.1 Å². The molecule has 5 nitrogen and oxygen atoms in total. The molecule has 0 aliphatic rings. The van der Waals surface area contributed by atoms with Crippen LogP contribution in [-0.4, -0.2) is 12.5 Å². The summed E-state index contributed by atoms with van der Waals surface area (Å²) in [5, 5.41) is 3.40. The van der Waals surface area contributed by atoms with Crippen LogP contribution in [0, 0.1) is 0 Å². The van der Waals surface area contributed by atoms with E-state index in [2.05, 4.69) is 5.32 Å². The quantitative estimate of drug-likeness (QED) is 0.740. The van der Waals surface area contributed by atoms with Crippen LogP contribution in [0.1, 0.15) is 17.3 Å². The fraction of sp³-hybridized carbons (Fsp3) is 0.133. The average molecular weight is 306 g/mol. The number of nitrogens with one attached hydrogen (secondary N) is 1. The number of nitrogen functional groups attached to an aromatic ring is 1. The molecule has 21 heavy (non-hydrogen) atoms. The van der Waals surface area contributed by atoms with Crippen molar-refractivity contribution in [1.82, 2.24) is 0 Å². The van der Waals surface area contributed by atoms with E-state index in [1.807, 2.05) is 25.1 Å². The van der Waals surface area contributed by atoms with Crippen molar-refractivity contribution in [3.05, 3.63) is 47.0 Å². The van der Waals surface area contributed by atoms with Crippen LogP contribution in [0.25, 0.3) is 0 Å². The number of carbonyl (C=O) groups excluding carboxylic acids is 1. The van der Waals surface area contributed by atoms with Gasteiger partial charge in [0.1, 0.15) is 5.75 Å². The summed E-state index contributed by atoms with van der Waals surface area (Å²) in [4.78, 5) is 11.5.